The predicted molar refractivity (Wildman–Crippen MR) is 85.9 cm³/mol. The smallest absolute Gasteiger partial charge is 0.326 e. The van der Waals surface area contributed by atoms with Gasteiger partial charge in [-0.1, -0.05) is 29.8 Å². The topological polar surface area (TPSA) is 102 Å². The highest BCUT2D eigenvalue weighted by Gasteiger charge is 2.20. The van der Waals surface area contributed by atoms with Gasteiger partial charge in [-0.2, -0.15) is 5.26 Å². The van der Waals surface area contributed by atoms with E-state index in [-0.39, 0.29) is 11.5 Å². The van der Waals surface area contributed by atoms with Crippen LogP contribution in [0, 0.1) is 17.2 Å². The zero-order valence-electron chi connectivity index (χ0n) is 12.1. The minimum atomic E-state index is -1.04. The summed E-state index contributed by atoms with van der Waals surface area (Å²) in [7, 11) is 0. The SMILES string of the molecule is CC(C)C(N/C=C(/C#N)C(=O)Nc1ccc(Br)cc1)C(=O)O. The molecule has 1 rings (SSSR count). The van der Waals surface area contributed by atoms with Gasteiger partial charge < -0.3 is 15.7 Å². The van der Waals surface area contributed by atoms with Gasteiger partial charge in [0.05, 0.1) is 0 Å². The molecule has 0 radical (unpaired) electrons. The standard InChI is InChI=1S/C15H16BrN3O3/c1-9(2)13(15(21)22)18-8-10(7-17)14(20)19-12-5-3-11(16)4-6-12/h3-6,8-9,13,18H,1-2H3,(H,19,20)(H,21,22)/b10-8-. The molecule has 0 saturated carbocycles. The van der Waals surface area contributed by atoms with Gasteiger partial charge in [-0.15, -0.1) is 0 Å². The van der Waals surface area contributed by atoms with Crippen molar-refractivity contribution < 1.29 is 14.7 Å². The van der Waals surface area contributed by atoms with Gasteiger partial charge in [0.15, 0.2) is 0 Å². The number of carboxylic acid groups (broad SMARTS) is 1. The molecule has 7 heteroatoms. The molecule has 1 aromatic carbocycles. The summed E-state index contributed by atoms with van der Waals surface area (Å²) in [5.41, 5.74) is 0.336. The van der Waals surface area contributed by atoms with Gasteiger partial charge in [0.25, 0.3) is 5.91 Å². The highest BCUT2D eigenvalue weighted by Crippen LogP contribution is 2.14. The van der Waals surface area contributed by atoms with Crippen LogP contribution in [0.25, 0.3) is 0 Å². The zero-order valence-corrected chi connectivity index (χ0v) is 13.7. The lowest BCUT2D eigenvalue weighted by atomic mass is 10.1. The molecule has 1 amide bonds. The van der Waals surface area contributed by atoms with Crippen molar-refractivity contribution in [3.63, 3.8) is 0 Å². The van der Waals surface area contributed by atoms with E-state index in [1.807, 2.05) is 0 Å². The van der Waals surface area contributed by atoms with Crippen molar-refractivity contribution in [2.75, 3.05) is 5.32 Å². The molecule has 1 unspecified atom stereocenters. The number of anilines is 1. The van der Waals surface area contributed by atoms with Gasteiger partial charge in [-0.05, 0) is 30.2 Å². The van der Waals surface area contributed by atoms with E-state index in [1.165, 1.54) is 0 Å². The lowest BCUT2D eigenvalue weighted by Crippen LogP contribution is -2.38. The number of carbonyl (C=O) groups is 2. The average Bonchev–Trinajstić information content (AvgIpc) is 2.45. The van der Waals surface area contributed by atoms with E-state index >= 15 is 0 Å². The summed E-state index contributed by atoms with van der Waals surface area (Å²) < 4.78 is 0.865. The Labute approximate surface area is 137 Å². The summed E-state index contributed by atoms with van der Waals surface area (Å²) in [5.74, 6) is -1.84. The van der Waals surface area contributed by atoms with Crippen molar-refractivity contribution >= 4 is 33.5 Å². The quantitative estimate of drug-likeness (QED) is 0.530. The third-order valence-electron chi connectivity index (χ3n) is 2.81. The number of halogens is 1. The van der Waals surface area contributed by atoms with Crippen LogP contribution in [0.4, 0.5) is 5.69 Å². The van der Waals surface area contributed by atoms with E-state index in [9.17, 15) is 9.59 Å². The number of amides is 1. The molecule has 0 saturated heterocycles. The number of hydrogen-bond acceptors (Lipinski definition) is 4. The minimum Gasteiger partial charge on any atom is -0.480 e. The van der Waals surface area contributed by atoms with Crippen molar-refractivity contribution in [1.29, 1.82) is 5.26 Å². The average molecular weight is 366 g/mol. The Balaban J connectivity index is 2.80. The van der Waals surface area contributed by atoms with E-state index < -0.39 is 17.9 Å². The van der Waals surface area contributed by atoms with Crippen molar-refractivity contribution in [3.8, 4) is 6.07 Å². The molecule has 3 N–H and O–H groups in total. The maximum Gasteiger partial charge on any atom is 0.326 e. The maximum atomic E-state index is 12.0. The lowest BCUT2D eigenvalue weighted by Gasteiger charge is -2.16. The molecule has 0 aromatic heterocycles. The molecule has 0 bridgehead atoms. The third kappa shape index (κ3) is 5.22. The highest BCUT2D eigenvalue weighted by molar-refractivity contribution is 9.10. The third-order valence-corrected chi connectivity index (χ3v) is 3.34. The summed E-state index contributed by atoms with van der Waals surface area (Å²) >= 11 is 3.28. The van der Waals surface area contributed by atoms with Crippen LogP contribution in [0.5, 0.6) is 0 Å². The Morgan fingerprint density at radius 3 is 2.36 bits per heavy atom. The second-order valence-electron chi connectivity index (χ2n) is 4.86. The Bertz CT molecular complexity index is 618. The minimum absolute atomic E-state index is 0.191. The predicted octanol–water partition coefficient (Wildman–Crippen LogP) is 2.49. The molecule has 1 atom stereocenters. The van der Waals surface area contributed by atoms with Gasteiger partial charge in [0, 0.05) is 16.4 Å². The molecule has 116 valence electrons. The number of carboxylic acids is 1. The molecule has 0 aliphatic heterocycles. The van der Waals surface area contributed by atoms with Crippen LogP contribution in [-0.2, 0) is 9.59 Å². The van der Waals surface area contributed by atoms with E-state index in [2.05, 4.69) is 26.6 Å². The molecule has 0 heterocycles. The molecule has 0 aliphatic rings. The summed E-state index contributed by atoms with van der Waals surface area (Å²) in [4.78, 5) is 23.0. The second-order valence-corrected chi connectivity index (χ2v) is 5.77. The fourth-order valence-electron chi connectivity index (χ4n) is 1.60. The molecule has 6 nitrogen and oxygen atoms in total. The maximum absolute atomic E-state index is 12.0. The first-order chi connectivity index (χ1) is 10.3. The number of nitriles is 1. The number of carbonyl (C=O) groups excluding carboxylic acids is 1. The zero-order chi connectivity index (χ0) is 16.7. The van der Waals surface area contributed by atoms with Crippen molar-refractivity contribution in [2.24, 2.45) is 5.92 Å². The fraction of sp³-hybridized carbons (Fsp3) is 0.267. The highest BCUT2D eigenvalue weighted by atomic mass is 79.9. The van der Waals surface area contributed by atoms with Crippen molar-refractivity contribution in [3.05, 3.63) is 40.5 Å². The summed E-state index contributed by atoms with van der Waals surface area (Å²) in [6.45, 7) is 3.46. The van der Waals surface area contributed by atoms with Crippen LogP contribution in [-0.4, -0.2) is 23.0 Å². The van der Waals surface area contributed by atoms with Crippen LogP contribution >= 0.6 is 15.9 Å². The van der Waals surface area contributed by atoms with Crippen LogP contribution in [0.15, 0.2) is 40.5 Å². The fourth-order valence-corrected chi connectivity index (χ4v) is 1.87. The first-order valence-electron chi connectivity index (χ1n) is 6.51. The Hall–Kier alpha value is -2.33. The molecular weight excluding hydrogens is 350 g/mol. The van der Waals surface area contributed by atoms with Crippen LogP contribution in [0.1, 0.15) is 13.8 Å². The number of benzene rings is 1. The number of nitrogens with one attached hydrogen (secondary N) is 2. The lowest BCUT2D eigenvalue weighted by molar-refractivity contribution is -0.140. The second kappa shape index (κ2) is 8.20. The summed E-state index contributed by atoms with van der Waals surface area (Å²) in [5, 5.41) is 23.2. The summed E-state index contributed by atoms with van der Waals surface area (Å²) in [6, 6.07) is 7.74. The first-order valence-corrected chi connectivity index (χ1v) is 7.30. The van der Waals surface area contributed by atoms with Gasteiger partial charge in [-0.25, -0.2) is 4.79 Å². The van der Waals surface area contributed by atoms with Gasteiger partial charge >= 0.3 is 5.97 Å². The van der Waals surface area contributed by atoms with E-state index in [0.29, 0.717) is 5.69 Å². The number of aliphatic carboxylic acids is 1. The largest absolute Gasteiger partial charge is 0.480 e. The Kier molecular flexibility index (Phi) is 6.60. The first kappa shape index (κ1) is 17.7. The molecule has 0 fully saturated rings. The molecule has 1 aromatic rings. The van der Waals surface area contributed by atoms with Crippen LogP contribution in [0.2, 0.25) is 0 Å². The molecule has 0 aliphatic carbocycles. The van der Waals surface area contributed by atoms with Gasteiger partial charge in [0.2, 0.25) is 0 Å². The van der Waals surface area contributed by atoms with Crippen molar-refractivity contribution in [2.45, 2.75) is 19.9 Å². The Morgan fingerprint density at radius 1 is 1.32 bits per heavy atom. The molecule has 0 spiro atoms. The van der Waals surface area contributed by atoms with Crippen LogP contribution in [0.3, 0.4) is 0 Å². The normalized spacial score (nSPS) is 12.4. The van der Waals surface area contributed by atoms with Gasteiger partial charge in [0.1, 0.15) is 17.7 Å². The van der Waals surface area contributed by atoms with E-state index in [4.69, 9.17) is 10.4 Å². The van der Waals surface area contributed by atoms with E-state index in [0.717, 1.165) is 10.7 Å². The van der Waals surface area contributed by atoms with E-state index in [1.54, 1.807) is 44.2 Å². The number of rotatable bonds is 6. The van der Waals surface area contributed by atoms with Crippen LogP contribution < -0.4 is 10.6 Å². The molecular formula is C15H16BrN3O3. The van der Waals surface area contributed by atoms with Gasteiger partial charge in [-0.3, -0.25) is 4.79 Å². The number of nitrogens with zero attached hydrogens (tertiary/aromatic N) is 1. The monoisotopic (exact) mass is 365 g/mol. The van der Waals surface area contributed by atoms with Crippen molar-refractivity contribution in [1.82, 2.24) is 5.32 Å². The number of hydrogen-bond donors (Lipinski definition) is 3. The molecule has 22 heavy (non-hydrogen) atoms. The summed E-state index contributed by atoms with van der Waals surface area (Å²) in [6.07, 6.45) is 1.13. The Morgan fingerprint density at radius 2 is 1.91 bits per heavy atom.